The fraction of sp³-hybridized carbons (Fsp3) is 0.360. The van der Waals surface area contributed by atoms with Gasteiger partial charge in [-0.3, -0.25) is 9.59 Å². The van der Waals surface area contributed by atoms with Gasteiger partial charge in [0.05, 0.1) is 17.0 Å². The molecule has 1 N–H and O–H groups in total. The molecule has 4 rings (SSSR count). The quantitative estimate of drug-likeness (QED) is 0.657. The number of rotatable bonds is 5. The van der Waals surface area contributed by atoms with Crippen LogP contribution in [-0.4, -0.2) is 36.7 Å². The van der Waals surface area contributed by atoms with E-state index >= 15 is 0 Å². The van der Waals surface area contributed by atoms with Gasteiger partial charge in [-0.1, -0.05) is 61.9 Å². The number of nitrogens with zero attached hydrogens (tertiary/aromatic N) is 1. The number of benzene rings is 2. The Hall–Kier alpha value is -2.98. The molecule has 0 bridgehead atoms. The number of carbonyl (C=O) groups excluding carboxylic acids is 2. The molecule has 0 radical (unpaired) electrons. The number of hydrogen-bond acceptors (Lipinski definition) is 4. The van der Waals surface area contributed by atoms with E-state index in [1.54, 1.807) is 55.8 Å². The van der Waals surface area contributed by atoms with Crippen LogP contribution in [0.4, 0.5) is 13.2 Å². The fourth-order valence-corrected chi connectivity index (χ4v) is 6.02. The minimum absolute atomic E-state index is 0.0107. The molecule has 0 aromatic heterocycles. The Morgan fingerprint density at radius 1 is 0.971 bits per heavy atom. The molecule has 1 aliphatic heterocycles. The number of amides is 1. The van der Waals surface area contributed by atoms with Crippen molar-refractivity contribution in [2.75, 3.05) is 0 Å². The molecule has 2 aliphatic rings. The minimum Gasteiger partial charge on any atom is -0.309 e. The summed E-state index contributed by atoms with van der Waals surface area (Å²) in [6, 6.07) is 13.6. The molecule has 6 nitrogen and oxygen atoms in total. The van der Waals surface area contributed by atoms with E-state index in [1.165, 1.54) is 12.1 Å². The van der Waals surface area contributed by atoms with Gasteiger partial charge in [0.2, 0.25) is 15.6 Å². The second kappa shape index (κ2) is 8.30. The Morgan fingerprint density at radius 3 is 2.14 bits per heavy atom. The maximum atomic E-state index is 14.9. The highest BCUT2D eigenvalue weighted by molar-refractivity contribution is 7.89. The standard InChI is InChI=1S/C25H25F3N2O4S/c1-16-9-11-18(12-10-16)35(33,34)29-24(25(26,27)28)21-19(13-23(2,3)14-20(21)31)30(22(24)32)15-17-7-5-4-6-8-17/h4-12,29H,13-15H2,1-3H3/t24-/m1/s1. The van der Waals surface area contributed by atoms with E-state index in [9.17, 15) is 31.2 Å². The number of nitrogens with one attached hydrogen (secondary N) is 1. The summed E-state index contributed by atoms with van der Waals surface area (Å²) < 4.78 is 72.5. The van der Waals surface area contributed by atoms with E-state index in [0.717, 1.165) is 17.0 Å². The Labute approximate surface area is 201 Å². The van der Waals surface area contributed by atoms with Crippen molar-refractivity contribution in [3.05, 3.63) is 77.0 Å². The number of halogens is 3. The number of ketones is 1. The van der Waals surface area contributed by atoms with Crippen molar-refractivity contribution in [3.63, 3.8) is 0 Å². The largest absolute Gasteiger partial charge is 0.421 e. The molecular formula is C25H25F3N2O4S. The molecule has 1 atom stereocenters. The third kappa shape index (κ3) is 4.29. The number of aryl methyl sites for hydroxylation is 1. The minimum atomic E-state index is -5.41. The predicted octanol–water partition coefficient (Wildman–Crippen LogP) is 4.26. The third-order valence-corrected chi connectivity index (χ3v) is 7.81. The lowest BCUT2D eigenvalue weighted by Crippen LogP contribution is -2.66. The third-order valence-electron chi connectivity index (χ3n) is 6.35. The summed E-state index contributed by atoms with van der Waals surface area (Å²) in [5.74, 6) is -2.43. The average molecular weight is 507 g/mol. The Morgan fingerprint density at radius 2 is 1.57 bits per heavy atom. The Kier molecular flexibility index (Phi) is 5.96. The zero-order valence-electron chi connectivity index (χ0n) is 19.4. The van der Waals surface area contributed by atoms with E-state index < -0.39 is 49.3 Å². The number of alkyl halides is 3. The van der Waals surface area contributed by atoms with Crippen molar-refractivity contribution in [1.82, 2.24) is 9.62 Å². The van der Waals surface area contributed by atoms with Crippen molar-refractivity contribution in [2.45, 2.75) is 56.8 Å². The summed E-state index contributed by atoms with van der Waals surface area (Å²) in [6.07, 6.45) is -5.65. The lowest BCUT2D eigenvalue weighted by Gasteiger charge is -2.35. The number of carbonyl (C=O) groups is 2. The SMILES string of the molecule is Cc1ccc(S(=O)(=O)N[C@@]2(C(F)(F)F)C(=O)N(Cc3ccccc3)C3=C2C(=O)CC(C)(C)C3)cc1. The van der Waals surface area contributed by atoms with Crippen LogP contribution in [0.3, 0.4) is 0 Å². The van der Waals surface area contributed by atoms with Gasteiger partial charge in [-0.05, 0) is 36.5 Å². The van der Waals surface area contributed by atoms with Gasteiger partial charge >= 0.3 is 6.18 Å². The smallest absolute Gasteiger partial charge is 0.309 e. The summed E-state index contributed by atoms with van der Waals surface area (Å²) in [5, 5.41) is 0. The molecule has 35 heavy (non-hydrogen) atoms. The van der Waals surface area contributed by atoms with Gasteiger partial charge in [-0.25, -0.2) is 8.42 Å². The van der Waals surface area contributed by atoms with Crippen LogP contribution < -0.4 is 4.72 Å². The average Bonchev–Trinajstić information content (AvgIpc) is 2.96. The molecule has 186 valence electrons. The summed E-state index contributed by atoms with van der Waals surface area (Å²) >= 11 is 0. The first-order valence-corrected chi connectivity index (χ1v) is 12.5. The molecule has 0 saturated heterocycles. The highest BCUT2D eigenvalue weighted by atomic mass is 32.2. The number of sulfonamides is 1. The van der Waals surface area contributed by atoms with Crippen molar-refractivity contribution >= 4 is 21.7 Å². The molecule has 10 heteroatoms. The van der Waals surface area contributed by atoms with Gasteiger partial charge in [-0.15, -0.1) is 0 Å². The highest BCUT2D eigenvalue weighted by Gasteiger charge is 2.72. The topological polar surface area (TPSA) is 83.6 Å². The summed E-state index contributed by atoms with van der Waals surface area (Å²) in [6.45, 7) is 4.92. The van der Waals surface area contributed by atoms with Crippen LogP contribution in [0.15, 0.2) is 70.8 Å². The first-order valence-electron chi connectivity index (χ1n) is 11.0. The normalized spacial score (nSPS) is 22.5. The first kappa shape index (κ1) is 25.1. The highest BCUT2D eigenvalue weighted by Crippen LogP contribution is 2.52. The van der Waals surface area contributed by atoms with Gasteiger partial charge in [0.15, 0.2) is 5.78 Å². The number of Topliss-reactive ketones (excluding diaryl/α,β-unsaturated/α-hetero) is 1. The van der Waals surface area contributed by atoms with E-state index in [4.69, 9.17) is 0 Å². The first-order chi connectivity index (χ1) is 16.2. The van der Waals surface area contributed by atoms with Crippen molar-refractivity contribution in [1.29, 1.82) is 0 Å². The molecule has 0 spiro atoms. The van der Waals surface area contributed by atoms with Gasteiger partial charge in [-0.2, -0.15) is 17.9 Å². The predicted molar refractivity (Wildman–Crippen MR) is 122 cm³/mol. The Bertz CT molecular complexity index is 1320. The molecule has 0 unspecified atom stereocenters. The maximum Gasteiger partial charge on any atom is 0.421 e. The van der Waals surface area contributed by atoms with Crippen molar-refractivity contribution < 1.29 is 31.2 Å². The van der Waals surface area contributed by atoms with Crippen LogP contribution in [0.5, 0.6) is 0 Å². The van der Waals surface area contributed by atoms with Crippen LogP contribution in [0, 0.1) is 12.3 Å². The fourth-order valence-electron chi connectivity index (χ4n) is 4.70. The number of hydrogen-bond donors (Lipinski definition) is 1. The van der Waals surface area contributed by atoms with Crippen molar-refractivity contribution in [3.8, 4) is 0 Å². The van der Waals surface area contributed by atoms with Crippen LogP contribution >= 0.6 is 0 Å². The molecule has 0 saturated carbocycles. The van der Waals surface area contributed by atoms with Gasteiger partial charge < -0.3 is 4.90 Å². The number of allylic oxidation sites excluding steroid dienone is 1. The van der Waals surface area contributed by atoms with Crippen molar-refractivity contribution in [2.24, 2.45) is 5.41 Å². The second-order valence-electron chi connectivity index (χ2n) is 9.81. The molecule has 2 aromatic rings. The van der Waals surface area contributed by atoms with Crippen LogP contribution in [0.2, 0.25) is 0 Å². The molecular weight excluding hydrogens is 481 g/mol. The Balaban J connectivity index is 1.92. The second-order valence-corrected chi connectivity index (χ2v) is 11.5. The van der Waals surface area contributed by atoms with E-state index in [1.807, 2.05) is 0 Å². The monoisotopic (exact) mass is 506 g/mol. The summed E-state index contributed by atoms with van der Waals surface area (Å²) in [5.41, 5.74) is -4.10. The lowest BCUT2D eigenvalue weighted by atomic mass is 9.72. The summed E-state index contributed by atoms with van der Waals surface area (Å²) in [7, 11) is -4.84. The van der Waals surface area contributed by atoms with Gasteiger partial charge in [0.1, 0.15) is 0 Å². The van der Waals surface area contributed by atoms with E-state index in [2.05, 4.69) is 0 Å². The van der Waals surface area contributed by atoms with E-state index in [0.29, 0.717) is 11.1 Å². The molecule has 1 amide bonds. The van der Waals surface area contributed by atoms with Crippen LogP contribution in [0.1, 0.15) is 37.8 Å². The zero-order chi connectivity index (χ0) is 25.8. The molecule has 0 fully saturated rings. The molecule has 2 aromatic carbocycles. The van der Waals surface area contributed by atoms with Crippen LogP contribution in [-0.2, 0) is 26.2 Å². The zero-order valence-corrected chi connectivity index (χ0v) is 20.3. The lowest BCUT2D eigenvalue weighted by molar-refractivity contribution is -0.189. The van der Waals surface area contributed by atoms with E-state index in [-0.39, 0.29) is 25.1 Å². The summed E-state index contributed by atoms with van der Waals surface area (Å²) in [4.78, 5) is 27.3. The van der Waals surface area contributed by atoms with Gasteiger partial charge in [0.25, 0.3) is 5.91 Å². The van der Waals surface area contributed by atoms with Gasteiger partial charge in [0, 0.05) is 12.1 Å². The molecule has 1 heterocycles. The van der Waals surface area contributed by atoms with Crippen LogP contribution in [0.25, 0.3) is 0 Å². The maximum absolute atomic E-state index is 14.9. The molecule has 1 aliphatic carbocycles.